The second kappa shape index (κ2) is 34.8. The van der Waals surface area contributed by atoms with Crippen molar-refractivity contribution in [2.24, 2.45) is 0 Å². The SMILES string of the molecule is C#CC#CC#CC#CC#CC#CC#CC(=O)OC[C@H](COP(=O)([O-])[O-])OC(=O)CCCCCCCCCCCC.S.[HH].[HH].[HH].[HH].[HH].[HH].[HH].[HH].[HH].[HH].[HH].[HH].[HH].[Na+].[Na+]. The zero-order valence-corrected chi connectivity index (χ0v) is 31.0. The van der Waals surface area contributed by atoms with Crippen molar-refractivity contribution in [3.8, 4) is 83.4 Å². The average molecular weight is 669 g/mol. The van der Waals surface area contributed by atoms with Gasteiger partial charge in [-0.25, -0.2) is 4.79 Å². The first-order valence-electron chi connectivity index (χ1n) is 12.8. The number of phosphoric ester groups is 1. The summed E-state index contributed by atoms with van der Waals surface area (Å²) in [7, 11) is -5.32. The summed E-state index contributed by atoms with van der Waals surface area (Å²) in [5.74, 6) is 28.4. The Balaban J connectivity index is -0.0000000634. The van der Waals surface area contributed by atoms with E-state index in [9.17, 15) is 23.9 Å². The van der Waals surface area contributed by atoms with Gasteiger partial charge in [-0.05, 0) is 77.5 Å². The molecule has 0 heterocycles. The summed E-state index contributed by atoms with van der Waals surface area (Å²) in [5, 5.41) is 0. The Labute approximate surface area is 327 Å². The standard InChI is InChI=1S/C31H33O8P.2Na.H2S.13H2/c1-3-5-7-9-11-13-15-16-18-19-21-23-25-30(32)37-27-29(28-38-40(34,35)36)39-31(33)26-24-22-20-17-14-12-10-8-6-4-2;;;;;;;;;;;;;;;;/h1,29H,4,6,8,10,12,14,17,20,22,24,26-28H2,2H3,(H2,34,35,36);;;1H2;13*1H/q;2*+1;;;;;;;;;;;;;;/p-2/t29-;;;;;;;;;;;;;;;;/m1................/s1. The molecule has 0 rings (SSSR count). The van der Waals surface area contributed by atoms with Crippen LogP contribution in [0.15, 0.2) is 0 Å². The molecule has 0 aromatic carbocycles. The van der Waals surface area contributed by atoms with Crippen LogP contribution in [0.1, 0.15) is 96.1 Å². The van der Waals surface area contributed by atoms with Crippen molar-refractivity contribution < 1.29 is 116 Å². The second-order valence-corrected chi connectivity index (χ2v) is 9.18. The third kappa shape index (κ3) is 38.3. The van der Waals surface area contributed by atoms with Crippen LogP contribution in [0.3, 0.4) is 0 Å². The fourth-order valence-electron chi connectivity index (χ4n) is 2.90. The number of esters is 2. The Hall–Kier alpha value is -1.68. The Morgan fingerprint density at radius 2 is 1.19 bits per heavy atom. The molecule has 1 atom stereocenters. The minimum absolute atomic E-state index is 0. The van der Waals surface area contributed by atoms with Gasteiger partial charge in [0, 0.05) is 30.9 Å². The van der Waals surface area contributed by atoms with E-state index in [-0.39, 0.29) is 97.6 Å². The van der Waals surface area contributed by atoms with Crippen LogP contribution >= 0.6 is 21.3 Å². The molecule has 0 fully saturated rings. The van der Waals surface area contributed by atoms with Gasteiger partial charge in [0.2, 0.25) is 0 Å². The maximum atomic E-state index is 12.1. The molecule has 0 bridgehead atoms. The zero-order valence-electron chi connectivity index (χ0n) is 25.1. The molecule has 0 aliphatic rings. The maximum Gasteiger partial charge on any atom is 1.00 e. The van der Waals surface area contributed by atoms with Gasteiger partial charge < -0.3 is 28.3 Å². The van der Waals surface area contributed by atoms with Gasteiger partial charge >= 0.3 is 71.1 Å². The van der Waals surface area contributed by atoms with E-state index in [0.29, 0.717) is 6.42 Å². The minimum Gasteiger partial charge on any atom is -0.790 e. The van der Waals surface area contributed by atoms with E-state index in [1.165, 1.54) is 38.5 Å². The van der Waals surface area contributed by atoms with Gasteiger partial charge in [-0.1, -0.05) is 64.7 Å². The molecule has 0 N–H and O–H groups in total. The van der Waals surface area contributed by atoms with Crippen LogP contribution < -0.4 is 68.9 Å². The Kier molecular flexibility index (Phi) is 39.0. The molecular formula is C31H59Na2O8PS. The summed E-state index contributed by atoms with van der Waals surface area (Å²) < 4.78 is 24.9. The van der Waals surface area contributed by atoms with E-state index in [4.69, 9.17) is 15.9 Å². The number of carbonyl (C=O) groups excluding carboxylic acids is 2. The Morgan fingerprint density at radius 1 is 0.744 bits per heavy atom. The summed E-state index contributed by atoms with van der Waals surface area (Å²) in [4.78, 5) is 45.5. The topological polar surface area (TPSA) is 125 Å². The number of hydrogen-bond donors (Lipinski definition) is 0. The third-order valence-corrected chi connectivity index (χ3v) is 5.18. The van der Waals surface area contributed by atoms with Crippen LogP contribution in [0.2, 0.25) is 0 Å². The summed E-state index contributed by atoms with van der Waals surface area (Å²) in [6.45, 7) is 0.836. The van der Waals surface area contributed by atoms with Crippen molar-refractivity contribution in [1.82, 2.24) is 0 Å². The molecule has 0 saturated carbocycles. The summed E-state index contributed by atoms with van der Waals surface area (Å²) in [6, 6.07) is 0. The first kappa shape index (κ1) is 48.2. The van der Waals surface area contributed by atoms with Crippen molar-refractivity contribution in [2.45, 2.75) is 83.7 Å². The van der Waals surface area contributed by atoms with Crippen LogP contribution in [0.4, 0.5) is 0 Å². The first-order valence-corrected chi connectivity index (χ1v) is 14.2. The van der Waals surface area contributed by atoms with E-state index in [1.54, 1.807) is 0 Å². The average Bonchev–Trinajstić information content (AvgIpc) is 2.91. The van der Waals surface area contributed by atoms with Gasteiger partial charge in [0.05, 0.1) is 14.4 Å². The molecule has 0 spiro atoms. The van der Waals surface area contributed by atoms with Crippen LogP contribution in [-0.4, -0.2) is 31.3 Å². The zero-order chi connectivity index (χ0) is 29.7. The minimum atomic E-state index is -5.32. The van der Waals surface area contributed by atoms with Crippen LogP contribution in [0.25, 0.3) is 0 Å². The molecule has 0 aliphatic carbocycles. The van der Waals surface area contributed by atoms with Crippen molar-refractivity contribution in [1.29, 1.82) is 0 Å². The van der Waals surface area contributed by atoms with Crippen molar-refractivity contribution in [3.05, 3.63) is 0 Å². The van der Waals surface area contributed by atoms with E-state index in [2.05, 4.69) is 88.4 Å². The number of rotatable bonds is 17. The number of terminal acetylenes is 1. The first-order chi connectivity index (χ1) is 19.3. The molecule has 0 amide bonds. The van der Waals surface area contributed by atoms with Gasteiger partial charge in [-0.15, -0.1) is 6.42 Å². The number of carbonyl (C=O) groups is 2. The molecule has 0 aliphatic heterocycles. The van der Waals surface area contributed by atoms with Gasteiger partial charge in [0.25, 0.3) is 0 Å². The fourth-order valence-corrected chi connectivity index (χ4v) is 3.25. The van der Waals surface area contributed by atoms with Crippen molar-refractivity contribution in [2.75, 3.05) is 13.2 Å². The number of unbranched alkanes of at least 4 members (excludes halogenated alkanes) is 9. The Morgan fingerprint density at radius 3 is 1.65 bits per heavy atom. The number of phosphoric acid groups is 1. The predicted molar refractivity (Wildman–Crippen MR) is 184 cm³/mol. The number of ether oxygens (including phenoxy) is 2. The molecule has 0 unspecified atom stereocenters. The molecule has 8 nitrogen and oxygen atoms in total. The van der Waals surface area contributed by atoms with Crippen LogP contribution in [-0.2, 0) is 28.2 Å². The summed E-state index contributed by atoms with van der Waals surface area (Å²) in [6.07, 6.45) is 14.7. The second-order valence-electron chi connectivity index (χ2n) is 8.03. The molecule has 0 radical (unpaired) electrons. The monoisotopic (exact) mass is 668 g/mol. The molecule has 43 heavy (non-hydrogen) atoms. The number of hydrogen-bond acceptors (Lipinski definition) is 8. The largest absolute Gasteiger partial charge is 1.00 e. The van der Waals surface area contributed by atoms with Crippen molar-refractivity contribution in [3.63, 3.8) is 0 Å². The fraction of sp³-hybridized carbons (Fsp3) is 0.484. The summed E-state index contributed by atoms with van der Waals surface area (Å²) in [5.41, 5.74) is 0. The molecule has 244 valence electrons. The predicted octanol–water partition coefficient (Wildman–Crippen LogP) is -0.430. The van der Waals surface area contributed by atoms with Gasteiger partial charge in [0.1, 0.15) is 6.61 Å². The molecule has 0 aromatic rings. The van der Waals surface area contributed by atoms with E-state index >= 15 is 0 Å². The summed E-state index contributed by atoms with van der Waals surface area (Å²) >= 11 is 0. The normalized spacial score (nSPS) is 9.07. The van der Waals surface area contributed by atoms with Crippen LogP contribution in [0.5, 0.6) is 0 Å². The maximum absolute atomic E-state index is 12.1. The van der Waals surface area contributed by atoms with E-state index in [1.807, 2.05) is 0 Å². The molecule has 0 saturated heterocycles. The Bertz CT molecular complexity index is 1330. The van der Waals surface area contributed by atoms with Crippen molar-refractivity contribution >= 4 is 33.3 Å². The molecule has 12 heteroatoms. The molecule has 0 aromatic heterocycles. The molecular weight excluding hydrogens is 609 g/mol. The van der Waals surface area contributed by atoms with E-state index < -0.39 is 39.1 Å². The van der Waals surface area contributed by atoms with Gasteiger partial charge in [0.15, 0.2) is 6.10 Å². The van der Waals surface area contributed by atoms with Crippen LogP contribution in [0, 0.1) is 83.4 Å². The van der Waals surface area contributed by atoms with Gasteiger partial charge in [-0.3, -0.25) is 4.79 Å². The quantitative estimate of drug-likeness (QED) is 0.0511. The third-order valence-electron chi connectivity index (χ3n) is 4.71. The van der Waals surface area contributed by atoms with Gasteiger partial charge in [-0.2, -0.15) is 13.5 Å². The van der Waals surface area contributed by atoms with E-state index in [0.717, 1.165) is 19.3 Å². The smallest absolute Gasteiger partial charge is 0.790 e.